The highest BCUT2D eigenvalue weighted by atomic mass is 79.9. The Morgan fingerprint density at radius 2 is 1.71 bits per heavy atom. The van der Waals surface area contributed by atoms with E-state index in [1.54, 1.807) is 24.3 Å². The fourth-order valence-corrected chi connectivity index (χ4v) is 4.27. The predicted molar refractivity (Wildman–Crippen MR) is 105 cm³/mol. The van der Waals surface area contributed by atoms with Gasteiger partial charge in [0.2, 0.25) is 0 Å². The average Bonchev–Trinajstić information content (AvgIpc) is 2.95. The van der Waals surface area contributed by atoms with Gasteiger partial charge in [0.1, 0.15) is 11.6 Å². The molecule has 1 aliphatic carbocycles. The number of ketones is 1. The van der Waals surface area contributed by atoms with Crippen LogP contribution in [-0.4, -0.2) is 15.8 Å². The minimum Gasteiger partial charge on any atom is -0.340 e. The number of carbonyl (C=O) groups is 1. The molecule has 8 heteroatoms. The quantitative estimate of drug-likeness (QED) is 0.542. The lowest BCUT2D eigenvalue weighted by molar-refractivity contribution is 0.103. The van der Waals surface area contributed by atoms with Crippen molar-refractivity contribution in [1.82, 2.24) is 9.97 Å². The Balaban J connectivity index is 1.85. The number of rotatable bonds is 1. The number of carbonyl (C=O) groups excluding carboxylic acids is 1. The summed E-state index contributed by atoms with van der Waals surface area (Å²) < 4.78 is 14.0. The van der Waals surface area contributed by atoms with Crippen molar-refractivity contribution in [3.8, 4) is 0 Å². The maximum Gasteiger partial charge on any atom is 0.327 e. The highest BCUT2D eigenvalue weighted by Gasteiger charge is 2.41. The highest BCUT2D eigenvalue weighted by molar-refractivity contribution is 9.10. The van der Waals surface area contributed by atoms with Gasteiger partial charge in [-0.15, -0.1) is 0 Å². The van der Waals surface area contributed by atoms with E-state index in [0.717, 1.165) is 0 Å². The van der Waals surface area contributed by atoms with Gasteiger partial charge in [-0.05, 0) is 33.6 Å². The van der Waals surface area contributed by atoms with Gasteiger partial charge in [-0.2, -0.15) is 0 Å². The fourth-order valence-electron chi connectivity index (χ4n) is 3.88. The number of aromatic amines is 2. The zero-order valence-corrected chi connectivity index (χ0v) is 15.7. The molecule has 0 fully saturated rings. The number of benzene rings is 2. The summed E-state index contributed by atoms with van der Waals surface area (Å²) in [6, 6.07) is 11.4. The third-order valence-corrected chi connectivity index (χ3v) is 5.65. The molecule has 2 heterocycles. The molecule has 2 aromatic carbocycles. The lowest BCUT2D eigenvalue weighted by Crippen LogP contribution is -2.33. The lowest BCUT2D eigenvalue weighted by atomic mass is 9.81. The van der Waals surface area contributed by atoms with Crippen molar-refractivity contribution in [2.45, 2.75) is 5.92 Å². The van der Waals surface area contributed by atoms with Crippen LogP contribution in [0.5, 0.6) is 0 Å². The van der Waals surface area contributed by atoms with Crippen molar-refractivity contribution in [2.75, 3.05) is 5.32 Å². The second-order valence-electron chi connectivity index (χ2n) is 6.59. The summed E-state index contributed by atoms with van der Waals surface area (Å²) in [7, 11) is 0. The van der Waals surface area contributed by atoms with Crippen LogP contribution in [0.4, 0.5) is 10.2 Å². The zero-order valence-electron chi connectivity index (χ0n) is 14.1. The molecule has 0 unspecified atom stereocenters. The molecule has 3 N–H and O–H groups in total. The number of anilines is 1. The van der Waals surface area contributed by atoms with Crippen LogP contribution in [0.15, 0.2) is 62.1 Å². The van der Waals surface area contributed by atoms with E-state index in [9.17, 15) is 18.8 Å². The predicted octanol–water partition coefficient (Wildman–Crippen LogP) is 3.13. The Morgan fingerprint density at radius 1 is 0.964 bits per heavy atom. The molecular formula is C20H11BrFN3O3. The molecule has 1 aromatic heterocycles. The molecule has 0 spiro atoms. The molecule has 28 heavy (non-hydrogen) atoms. The number of allylic oxidation sites excluding steroid dienone is 1. The summed E-state index contributed by atoms with van der Waals surface area (Å²) in [6.45, 7) is 0. The second-order valence-corrected chi connectivity index (χ2v) is 7.45. The minimum absolute atomic E-state index is 0.206. The molecule has 0 saturated heterocycles. The molecule has 0 saturated carbocycles. The molecule has 138 valence electrons. The van der Waals surface area contributed by atoms with Gasteiger partial charge >= 0.3 is 5.69 Å². The van der Waals surface area contributed by atoms with Gasteiger partial charge in [0.15, 0.2) is 5.78 Å². The van der Waals surface area contributed by atoms with Gasteiger partial charge in [-0.25, -0.2) is 9.18 Å². The number of fused-ring (bicyclic) bond motifs is 3. The molecule has 1 atom stereocenters. The summed E-state index contributed by atoms with van der Waals surface area (Å²) in [5.74, 6) is -1.20. The number of Topliss-reactive ketones (excluding diaryl/α,β-unsaturated/α-hetero) is 1. The van der Waals surface area contributed by atoms with E-state index in [-0.39, 0.29) is 21.6 Å². The van der Waals surface area contributed by atoms with Crippen LogP contribution < -0.4 is 16.6 Å². The van der Waals surface area contributed by atoms with E-state index in [2.05, 4.69) is 31.2 Å². The molecule has 6 nitrogen and oxygen atoms in total. The van der Waals surface area contributed by atoms with Crippen LogP contribution in [0.25, 0.3) is 5.70 Å². The molecule has 2 aliphatic rings. The zero-order chi connectivity index (χ0) is 19.6. The largest absolute Gasteiger partial charge is 0.340 e. The number of aromatic nitrogens is 2. The number of hydrogen-bond acceptors (Lipinski definition) is 4. The monoisotopic (exact) mass is 439 g/mol. The maximum atomic E-state index is 13.8. The van der Waals surface area contributed by atoms with Crippen molar-refractivity contribution in [1.29, 1.82) is 0 Å². The topological polar surface area (TPSA) is 94.8 Å². The summed E-state index contributed by atoms with van der Waals surface area (Å²) in [5, 5.41) is 3.05. The van der Waals surface area contributed by atoms with Gasteiger partial charge in [0.25, 0.3) is 5.56 Å². The summed E-state index contributed by atoms with van der Waals surface area (Å²) in [5.41, 5.74) is 1.65. The fraction of sp³-hybridized carbons (Fsp3) is 0.0500. The Morgan fingerprint density at radius 3 is 2.46 bits per heavy atom. The Kier molecular flexibility index (Phi) is 3.54. The molecular weight excluding hydrogens is 429 g/mol. The number of nitrogens with one attached hydrogen (secondary N) is 3. The maximum absolute atomic E-state index is 13.8. The smallest absolute Gasteiger partial charge is 0.327 e. The first-order chi connectivity index (χ1) is 13.5. The molecule has 1 aliphatic heterocycles. The third-order valence-electron chi connectivity index (χ3n) is 5.04. The van der Waals surface area contributed by atoms with Gasteiger partial charge < -0.3 is 5.32 Å². The van der Waals surface area contributed by atoms with Crippen molar-refractivity contribution in [3.63, 3.8) is 0 Å². The van der Waals surface area contributed by atoms with Gasteiger partial charge in [0, 0.05) is 22.6 Å². The molecule has 5 rings (SSSR count). The van der Waals surface area contributed by atoms with Crippen molar-refractivity contribution < 1.29 is 9.18 Å². The first kappa shape index (κ1) is 16.9. The lowest BCUT2D eigenvalue weighted by Gasteiger charge is -2.27. The summed E-state index contributed by atoms with van der Waals surface area (Å²) in [4.78, 5) is 42.5. The Hall–Kier alpha value is -3.26. The number of halogens is 2. The van der Waals surface area contributed by atoms with Crippen molar-refractivity contribution >= 4 is 33.2 Å². The summed E-state index contributed by atoms with van der Waals surface area (Å²) in [6.07, 6.45) is 0. The molecule has 0 radical (unpaired) electrons. The third kappa shape index (κ3) is 2.27. The van der Waals surface area contributed by atoms with Crippen molar-refractivity contribution in [3.05, 3.63) is 101 Å². The van der Waals surface area contributed by atoms with E-state index < -0.39 is 23.0 Å². The average molecular weight is 440 g/mol. The van der Waals surface area contributed by atoms with Crippen LogP contribution in [0.1, 0.15) is 33.0 Å². The van der Waals surface area contributed by atoms with E-state index in [4.69, 9.17) is 0 Å². The van der Waals surface area contributed by atoms with Crippen LogP contribution in [0.2, 0.25) is 0 Å². The highest BCUT2D eigenvalue weighted by Crippen LogP contribution is 2.47. The van der Waals surface area contributed by atoms with Crippen molar-refractivity contribution in [2.24, 2.45) is 0 Å². The number of hydrogen-bond donors (Lipinski definition) is 3. The minimum atomic E-state index is -0.761. The van der Waals surface area contributed by atoms with Crippen LogP contribution in [0.3, 0.4) is 0 Å². The van der Waals surface area contributed by atoms with E-state index >= 15 is 0 Å². The van der Waals surface area contributed by atoms with Crippen LogP contribution in [0, 0.1) is 5.82 Å². The standard InChI is InChI=1S/C20H11BrFN3O3/c21-11-7-8(5-6-12(11)22)13-14-16(9-3-1-2-4-10(9)17(14)26)23-18-15(13)19(27)25-20(28)24-18/h1-7,13H,(H3,23,24,25,27,28)/t13-/m1/s1. The van der Waals surface area contributed by atoms with E-state index in [1.807, 2.05) is 6.07 Å². The molecule has 0 amide bonds. The number of H-pyrrole nitrogens is 2. The van der Waals surface area contributed by atoms with E-state index in [0.29, 0.717) is 28.0 Å². The summed E-state index contributed by atoms with van der Waals surface area (Å²) >= 11 is 3.16. The Labute approximate surface area is 165 Å². The molecule has 3 aromatic rings. The van der Waals surface area contributed by atoms with E-state index in [1.165, 1.54) is 12.1 Å². The molecule has 0 bridgehead atoms. The van der Waals surface area contributed by atoms with Gasteiger partial charge in [-0.1, -0.05) is 30.3 Å². The van der Waals surface area contributed by atoms with Gasteiger partial charge in [0.05, 0.1) is 15.7 Å². The normalized spacial score (nSPS) is 17.1. The SMILES string of the molecule is O=C1C2=C(Nc3[nH]c(=O)[nH]c(=O)c3[C@@H]2c2ccc(F)c(Br)c2)c2ccccc21. The second kappa shape index (κ2) is 5.87. The first-order valence-corrected chi connectivity index (χ1v) is 9.21. The first-order valence-electron chi connectivity index (χ1n) is 8.42. The van der Waals surface area contributed by atoms with Crippen LogP contribution in [-0.2, 0) is 0 Å². The Bertz CT molecular complexity index is 1340. The van der Waals surface area contributed by atoms with Crippen LogP contribution >= 0.6 is 15.9 Å². The van der Waals surface area contributed by atoms with Gasteiger partial charge in [-0.3, -0.25) is 19.6 Å².